The first-order chi connectivity index (χ1) is 17.4. The van der Waals surface area contributed by atoms with E-state index in [1.807, 2.05) is 23.1 Å². The van der Waals surface area contributed by atoms with Gasteiger partial charge in [0.05, 0.1) is 16.6 Å². The van der Waals surface area contributed by atoms with Crippen LogP contribution in [0.25, 0.3) is 10.8 Å². The van der Waals surface area contributed by atoms with E-state index < -0.39 is 5.82 Å². The lowest BCUT2D eigenvalue weighted by Crippen LogP contribution is -2.40. The van der Waals surface area contributed by atoms with Crippen LogP contribution < -0.4 is 5.56 Å². The van der Waals surface area contributed by atoms with Gasteiger partial charge in [-0.3, -0.25) is 9.59 Å². The summed E-state index contributed by atoms with van der Waals surface area (Å²) in [5.74, 6) is -0.209. The third kappa shape index (κ3) is 4.00. The van der Waals surface area contributed by atoms with Crippen LogP contribution in [0.5, 0.6) is 0 Å². The standard InChI is InChI=1S/C30H28FN3O2/c1-19-6-9-21(10-7-19)22-16-30(17-22)12-13-34(18-30)29(36)25-14-20(8-11-26(25)31)15-27-23-4-2-3-5-24(23)28(35)33-32-27/h2-11,14,22H,12-13,15-18H2,1H3,(H,33,35). The van der Waals surface area contributed by atoms with Crippen LogP contribution in [0.4, 0.5) is 4.39 Å². The maximum absolute atomic E-state index is 14.8. The molecular weight excluding hydrogens is 453 g/mol. The van der Waals surface area contributed by atoms with Gasteiger partial charge in [-0.15, -0.1) is 0 Å². The average molecular weight is 482 g/mol. The van der Waals surface area contributed by atoms with Crippen LogP contribution in [-0.4, -0.2) is 34.1 Å². The van der Waals surface area contributed by atoms with E-state index in [4.69, 9.17) is 0 Å². The van der Waals surface area contributed by atoms with E-state index >= 15 is 0 Å². The van der Waals surface area contributed by atoms with Gasteiger partial charge in [-0.25, -0.2) is 9.49 Å². The van der Waals surface area contributed by atoms with Gasteiger partial charge >= 0.3 is 0 Å². The van der Waals surface area contributed by atoms with E-state index in [-0.39, 0.29) is 22.4 Å². The van der Waals surface area contributed by atoms with Gasteiger partial charge < -0.3 is 4.90 Å². The molecule has 6 rings (SSSR count). The molecule has 2 fully saturated rings. The third-order valence-corrected chi connectivity index (χ3v) is 8.04. The Morgan fingerprint density at radius 3 is 2.61 bits per heavy atom. The smallest absolute Gasteiger partial charge is 0.272 e. The summed E-state index contributed by atoms with van der Waals surface area (Å²) in [5, 5.41) is 8.09. The molecule has 1 spiro atoms. The molecule has 1 saturated carbocycles. The zero-order valence-corrected chi connectivity index (χ0v) is 20.3. The lowest BCUT2D eigenvalue weighted by Gasteiger charge is -2.45. The third-order valence-electron chi connectivity index (χ3n) is 8.04. The highest BCUT2D eigenvalue weighted by Crippen LogP contribution is 2.56. The van der Waals surface area contributed by atoms with Crippen molar-refractivity contribution in [1.29, 1.82) is 0 Å². The molecule has 0 unspecified atom stereocenters. The number of benzene rings is 3. The normalized spacial score (nSPS) is 21.2. The second-order valence-corrected chi connectivity index (χ2v) is 10.5. The minimum atomic E-state index is -0.505. The SMILES string of the molecule is Cc1ccc(C2CC3(CCN(C(=O)c4cc(Cc5n[nH]c(=O)c6ccccc56)ccc4F)C3)C2)cc1. The summed E-state index contributed by atoms with van der Waals surface area (Å²) in [4.78, 5) is 27.3. The van der Waals surface area contributed by atoms with Crippen molar-refractivity contribution in [2.45, 2.75) is 38.5 Å². The van der Waals surface area contributed by atoms with Crippen LogP contribution in [0, 0.1) is 18.2 Å². The molecule has 5 nitrogen and oxygen atoms in total. The second-order valence-electron chi connectivity index (χ2n) is 10.5. The molecule has 2 heterocycles. The molecule has 2 aliphatic rings. The number of nitrogens with one attached hydrogen (secondary N) is 1. The van der Waals surface area contributed by atoms with E-state index in [1.54, 1.807) is 18.2 Å². The zero-order chi connectivity index (χ0) is 24.9. The molecule has 1 N–H and O–H groups in total. The number of hydrogen-bond acceptors (Lipinski definition) is 3. The Bertz CT molecular complexity index is 1520. The van der Waals surface area contributed by atoms with Crippen molar-refractivity contribution in [3.63, 3.8) is 0 Å². The molecule has 1 aliphatic carbocycles. The molecule has 0 bridgehead atoms. The number of H-pyrrole nitrogens is 1. The Kier molecular flexibility index (Phi) is 5.47. The first-order valence-electron chi connectivity index (χ1n) is 12.5. The van der Waals surface area contributed by atoms with Crippen LogP contribution in [0.2, 0.25) is 0 Å². The monoisotopic (exact) mass is 481 g/mol. The molecule has 36 heavy (non-hydrogen) atoms. The fourth-order valence-electron chi connectivity index (χ4n) is 6.02. The molecule has 1 aliphatic heterocycles. The second kappa shape index (κ2) is 8.70. The summed E-state index contributed by atoms with van der Waals surface area (Å²) in [6.45, 7) is 3.44. The van der Waals surface area contributed by atoms with E-state index in [1.165, 1.54) is 17.2 Å². The minimum absolute atomic E-state index is 0.104. The highest BCUT2D eigenvalue weighted by molar-refractivity contribution is 5.95. The number of aromatic nitrogens is 2. The Morgan fingerprint density at radius 1 is 1.08 bits per heavy atom. The Morgan fingerprint density at radius 2 is 1.83 bits per heavy atom. The maximum Gasteiger partial charge on any atom is 0.272 e. The van der Waals surface area contributed by atoms with E-state index in [9.17, 15) is 14.0 Å². The minimum Gasteiger partial charge on any atom is -0.338 e. The van der Waals surface area contributed by atoms with Crippen molar-refractivity contribution < 1.29 is 9.18 Å². The number of likely N-dealkylation sites (tertiary alicyclic amines) is 1. The fourth-order valence-corrected chi connectivity index (χ4v) is 6.02. The van der Waals surface area contributed by atoms with Gasteiger partial charge in [0.25, 0.3) is 11.5 Å². The van der Waals surface area contributed by atoms with Gasteiger partial charge in [0, 0.05) is 24.9 Å². The number of aromatic amines is 1. The molecule has 4 aromatic rings. The number of aryl methyl sites for hydroxylation is 1. The van der Waals surface area contributed by atoms with Gasteiger partial charge in [-0.05, 0) is 66.8 Å². The first-order valence-corrected chi connectivity index (χ1v) is 12.5. The highest BCUT2D eigenvalue weighted by atomic mass is 19.1. The molecule has 0 radical (unpaired) electrons. The quantitative estimate of drug-likeness (QED) is 0.426. The number of carbonyl (C=O) groups excluding carboxylic acids is 1. The summed E-state index contributed by atoms with van der Waals surface area (Å²) in [6, 6.07) is 20.7. The summed E-state index contributed by atoms with van der Waals surface area (Å²) >= 11 is 0. The highest BCUT2D eigenvalue weighted by Gasteiger charge is 2.49. The molecule has 1 aromatic heterocycles. The molecular formula is C30H28FN3O2. The largest absolute Gasteiger partial charge is 0.338 e. The summed E-state index contributed by atoms with van der Waals surface area (Å²) in [5.41, 5.74) is 4.12. The van der Waals surface area contributed by atoms with Gasteiger partial charge in [0.2, 0.25) is 0 Å². The number of carbonyl (C=O) groups is 1. The number of rotatable bonds is 4. The van der Waals surface area contributed by atoms with Crippen molar-refractivity contribution in [2.24, 2.45) is 5.41 Å². The molecule has 1 saturated heterocycles. The van der Waals surface area contributed by atoms with Crippen LogP contribution >= 0.6 is 0 Å². The van der Waals surface area contributed by atoms with E-state index in [0.717, 1.165) is 30.2 Å². The van der Waals surface area contributed by atoms with Crippen molar-refractivity contribution in [2.75, 3.05) is 13.1 Å². The van der Waals surface area contributed by atoms with Crippen molar-refractivity contribution >= 4 is 16.7 Å². The van der Waals surface area contributed by atoms with Crippen LogP contribution in [-0.2, 0) is 6.42 Å². The molecule has 3 aromatic carbocycles. The van der Waals surface area contributed by atoms with E-state index in [0.29, 0.717) is 36.5 Å². The first kappa shape index (κ1) is 22.7. The van der Waals surface area contributed by atoms with Gasteiger partial charge in [-0.2, -0.15) is 5.10 Å². The van der Waals surface area contributed by atoms with Gasteiger partial charge in [-0.1, -0.05) is 54.1 Å². The lowest BCUT2D eigenvalue weighted by molar-refractivity contribution is 0.0694. The molecule has 6 heteroatoms. The van der Waals surface area contributed by atoms with Crippen LogP contribution in [0.15, 0.2) is 71.5 Å². The van der Waals surface area contributed by atoms with Crippen LogP contribution in [0.3, 0.4) is 0 Å². The van der Waals surface area contributed by atoms with Crippen LogP contribution in [0.1, 0.15) is 57.9 Å². The van der Waals surface area contributed by atoms with Crippen molar-refractivity contribution in [1.82, 2.24) is 15.1 Å². The van der Waals surface area contributed by atoms with Gasteiger partial charge in [0.1, 0.15) is 5.82 Å². The molecule has 182 valence electrons. The maximum atomic E-state index is 14.8. The molecule has 0 atom stereocenters. The predicted molar refractivity (Wildman–Crippen MR) is 138 cm³/mol. The van der Waals surface area contributed by atoms with Crippen molar-refractivity contribution in [3.05, 3.63) is 111 Å². The average Bonchev–Trinajstić information content (AvgIpc) is 3.32. The zero-order valence-electron chi connectivity index (χ0n) is 20.3. The Hall–Kier alpha value is -3.80. The number of fused-ring (bicyclic) bond motifs is 1. The Labute approximate surface area is 209 Å². The number of nitrogens with zero attached hydrogens (tertiary/aromatic N) is 2. The topological polar surface area (TPSA) is 66.1 Å². The summed E-state index contributed by atoms with van der Waals surface area (Å²) in [7, 11) is 0. The molecule has 1 amide bonds. The lowest BCUT2D eigenvalue weighted by atomic mass is 9.59. The Balaban J connectivity index is 1.18. The van der Waals surface area contributed by atoms with E-state index in [2.05, 4.69) is 41.4 Å². The number of halogens is 1. The summed E-state index contributed by atoms with van der Waals surface area (Å²) < 4.78 is 14.8. The summed E-state index contributed by atoms with van der Waals surface area (Å²) in [6.07, 6.45) is 3.51. The number of amides is 1. The predicted octanol–water partition coefficient (Wildman–Crippen LogP) is 5.37. The van der Waals surface area contributed by atoms with Gasteiger partial charge in [0.15, 0.2) is 0 Å². The number of hydrogen-bond donors (Lipinski definition) is 1. The fraction of sp³-hybridized carbons (Fsp3) is 0.300. The van der Waals surface area contributed by atoms with Crippen molar-refractivity contribution in [3.8, 4) is 0 Å².